The Morgan fingerprint density at radius 3 is 1.54 bits per heavy atom. The van der Waals surface area contributed by atoms with Crippen LogP contribution < -0.4 is 0 Å². The van der Waals surface area contributed by atoms with Crippen LogP contribution in [-0.2, 0) is 14.3 Å². The fourth-order valence-electron chi connectivity index (χ4n) is 3.24. The van der Waals surface area contributed by atoms with Gasteiger partial charge in [-0.3, -0.25) is 9.59 Å². The van der Waals surface area contributed by atoms with Crippen molar-refractivity contribution in [3.8, 4) is 0 Å². The number of hydrogen-bond acceptors (Lipinski definition) is 3. The van der Waals surface area contributed by atoms with Gasteiger partial charge in [0.15, 0.2) is 0 Å². The highest BCUT2D eigenvalue weighted by molar-refractivity contribution is 5.73. The van der Waals surface area contributed by atoms with Crippen molar-refractivity contribution in [2.45, 2.75) is 110 Å². The molecule has 0 aromatic heterocycles. The van der Waals surface area contributed by atoms with Crippen LogP contribution in [0.15, 0.2) is 0 Å². The molecule has 0 saturated heterocycles. The second kappa shape index (κ2) is 18.7. The van der Waals surface area contributed by atoms with Gasteiger partial charge in [-0.1, -0.05) is 77.6 Å². The van der Waals surface area contributed by atoms with Crippen molar-refractivity contribution >= 4 is 11.9 Å². The standard InChI is InChI=1S/C22H43NO3/c1-4-5-6-7-8-9-10-11-13-16-19-23(21(2)24)20-17-14-12-15-18-22(25)26-3/h4-20H2,1-3H3. The molecule has 0 heterocycles. The number of nitrogens with zero attached hydrogens (tertiary/aromatic N) is 1. The molecule has 0 aromatic rings. The molecule has 0 aliphatic rings. The molecule has 0 N–H and O–H groups in total. The summed E-state index contributed by atoms with van der Waals surface area (Å²) in [6, 6.07) is 0. The van der Waals surface area contributed by atoms with Gasteiger partial charge in [0.05, 0.1) is 7.11 Å². The van der Waals surface area contributed by atoms with Crippen molar-refractivity contribution in [2.24, 2.45) is 0 Å². The van der Waals surface area contributed by atoms with Crippen molar-refractivity contribution in [1.29, 1.82) is 0 Å². The minimum Gasteiger partial charge on any atom is -0.469 e. The van der Waals surface area contributed by atoms with Gasteiger partial charge in [-0.2, -0.15) is 0 Å². The quantitative estimate of drug-likeness (QED) is 0.224. The first-order chi connectivity index (χ1) is 12.6. The molecule has 0 aliphatic carbocycles. The molecular weight excluding hydrogens is 326 g/mol. The van der Waals surface area contributed by atoms with Crippen LogP contribution in [0.1, 0.15) is 110 Å². The van der Waals surface area contributed by atoms with Crippen LogP contribution in [0.3, 0.4) is 0 Å². The lowest BCUT2D eigenvalue weighted by atomic mass is 10.1. The maximum absolute atomic E-state index is 11.7. The number of unbranched alkanes of at least 4 members (excludes halogenated alkanes) is 12. The second-order valence-corrected chi connectivity index (χ2v) is 7.43. The Balaban J connectivity index is 3.53. The Morgan fingerprint density at radius 1 is 0.692 bits per heavy atom. The fourth-order valence-corrected chi connectivity index (χ4v) is 3.24. The third-order valence-corrected chi connectivity index (χ3v) is 5.01. The summed E-state index contributed by atoms with van der Waals surface area (Å²) in [6.45, 7) is 5.68. The Bertz CT molecular complexity index is 344. The summed E-state index contributed by atoms with van der Waals surface area (Å²) in [7, 11) is 1.43. The van der Waals surface area contributed by atoms with E-state index in [-0.39, 0.29) is 11.9 Å². The molecule has 0 rings (SSSR count). The number of esters is 1. The van der Waals surface area contributed by atoms with Crippen molar-refractivity contribution in [2.75, 3.05) is 20.2 Å². The van der Waals surface area contributed by atoms with Crippen LogP contribution >= 0.6 is 0 Å². The molecule has 0 radical (unpaired) electrons. The SMILES string of the molecule is CCCCCCCCCCCCN(CCCCCCC(=O)OC)C(C)=O. The number of hydrogen-bond donors (Lipinski definition) is 0. The summed E-state index contributed by atoms with van der Waals surface area (Å²) in [5.41, 5.74) is 0. The van der Waals surface area contributed by atoms with Gasteiger partial charge in [0.2, 0.25) is 5.91 Å². The van der Waals surface area contributed by atoms with Crippen molar-refractivity contribution in [3.05, 3.63) is 0 Å². The normalized spacial score (nSPS) is 10.7. The van der Waals surface area contributed by atoms with E-state index in [2.05, 4.69) is 11.7 Å². The van der Waals surface area contributed by atoms with E-state index in [1.807, 2.05) is 4.90 Å². The second-order valence-electron chi connectivity index (χ2n) is 7.43. The highest BCUT2D eigenvalue weighted by Crippen LogP contribution is 2.11. The predicted octanol–water partition coefficient (Wildman–Crippen LogP) is 5.88. The van der Waals surface area contributed by atoms with Crippen molar-refractivity contribution in [1.82, 2.24) is 4.90 Å². The van der Waals surface area contributed by atoms with Gasteiger partial charge in [0.1, 0.15) is 0 Å². The van der Waals surface area contributed by atoms with Gasteiger partial charge < -0.3 is 9.64 Å². The van der Waals surface area contributed by atoms with Crippen molar-refractivity contribution in [3.63, 3.8) is 0 Å². The Hall–Kier alpha value is -1.06. The molecule has 4 heteroatoms. The number of ether oxygens (including phenoxy) is 1. The van der Waals surface area contributed by atoms with Crippen LogP contribution in [0.2, 0.25) is 0 Å². The summed E-state index contributed by atoms with van der Waals surface area (Å²) < 4.78 is 4.64. The van der Waals surface area contributed by atoms with Crippen LogP contribution in [0.25, 0.3) is 0 Å². The monoisotopic (exact) mass is 369 g/mol. The summed E-state index contributed by atoms with van der Waals surface area (Å²) in [5, 5.41) is 0. The average molecular weight is 370 g/mol. The molecule has 4 nitrogen and oxygen atoms in total. The van der Waals surface area contributed by atoms with E-state index in [0.717, 1.165) is 45.2 Å². The van der Waals surface area contributed by atoms with Crippen LogP contribution in [0, 0.1) is 0 Å². The number of rotatable bonds is 18. The lowest BCUT2D eigenvalue weighted by Crippen LogP contribution is -2.30. The van der Waals surface area contributed by atoms with E-state index >= 15 is 0 Å². The molecular formula is C22H43NO3. The van der Waals surface area contributed by atoms with Gasteiger partial charge in [-0.05, 0) is 19.3 Å². The van der Waals surface area contributed by atoms with Gasteiger partial charge >= 0.3 is 5.97 Å². The summed E-state index contributed by atoms with van der Waals surface area (Å²) >= 11 is 0. The lowest BCUT2D eigenvalue weighted by molar-refractivity contribution is -0.140. The maximum atomic E-state index is 11.7. The zero-order valence-corrected chi connectivity index (χ0v) is 17.7. The number of carbonyl (C=O) groups excluding carboxylic acids is 2. The number of methoxy groups -OCH3 is 1. The molecule has 154 valence electrons. The lowest BCUT2D eigenvalue weighted by Gasteiger charge is -2.21. The van der Waals surface area contributed by atoms with Crippen molar-refractivity contribution < 1.29 is 14.3 Å². The van der Waals surface area contributed by atoms with E-state index < -0.39 is 0 Å². The van der Waals surface area contributed by atoms with E-state index in [9.17, 15) is 9.59 Å². The molecule has 0 fully saturated rings. The Morgan fingerprint density at radius 2 is 1.12 bits per heavy atom. The molecule has 1 amide bonds. The van der Waals surface area contributed by atoms with Crippen LogP contribution in [0.5, 0.6) is 0 Å². The molecule has 0 aliphatic heterocycles. The van der Waals surface area contributed by atoms with Gasteiger partial charge in [-0.25, -0.2) is 0 Å². The van der Waals surface area contributed by atoms with Gasteiger partial charge in [0.25, 0.3) is 0 Å². The number of amides is 1. The Kier molecular flexibility index (Phi) is 18.0. The highest BCUT2D eigenvalue weighted by Gasteiger charge is 2.08. The van der Waals surface area contributed by atoms with Crippen LogP contribution in [-0.4, -0.2) is 37.0 Å². The maximum Gasteiger partial charge on any atom is 0.305 e. The fraction of sp³-hybridized carbons (Fsp3) is 0.909. The van der Waals surface area contributed by atoms with E-state index in [1.165, 1.54) is 64.9 Å². The third kappa shape index (κ3) is 16.4. The first-order valence-electron chi connectivity index (χ1n) is 10.9. The molecule has 0 saturated carbocycles. The zero-order valence-electron chi connectivity index (χ0n) is 17.7. The average Bonchev–Trinajstić information content (AvgIpc) is 2.63. The minimum absolute atomic E-state index is 0.128. The molecule has 26 heavy (non-hydrogen) atoms. The number of carbonyl (C=O) groups is 2. The van der Waals surface area contributed by atoms with E-state index in [4.69, 9.17) is 0 Å². The predicted molar refractivity (Wildman–Crippen MR) is 109 cm³/mol. The summed E-state index contributed by atoms with van der Waals surface area (Å²) in [6.07, 6.45) is 17.7. The summed E-state index contributed by atoms with van der Waals surface area (Å²) in [5.74, 6) is 0.0619. The topological polar surface area (TPSA) is 46.6 Å². The molecule has 0 atom stereocenters. The smallest absolute Gasteiger partial charge is 0.305 e. The third-order valence-electron chi connectivity index (χ3n) is 5.01. The largest absolute Gasteiger partial charge is 0.469 e. The summed E-state index contributed by atoms with van der Waals surface area (Å²) in [4.78, 5) is 24.8. The zero-order chi connectivity index (χ0) is 19.5. The molecule has 0 spiro atoms. The first kappa shape index (κ1) is 24.9. The first-order valence-corrected chi connectivity index (χ1v) is 10.9. The van der Waals surface area contributed by atoms with E-state index in [1.54, 1.807) is 6.92 Å². The molecule has 0 bridgehead atoms. The van der Waals surface area contributed by atoms with Gasteiger partial charge in [0, 0.05) is 26.4 Å². The van der Waals surface area contributed by atoms with E-state index in [0.29, 0.717) is 6.42 Å². The molecule has 0 aromatic carbocycles. The van der Waals surface area contributed by atoms with Gasteiger partial charge in [-0.15, -0.1) is 0 Å². The van der Waals surface area contributed by atoms with Crippen LogP contribution in [0.4, 0.5) is 0 Å². The minimum atomic E-state index is -0.128. The highest BCUT2D eigenvalue weighted by atomic mass is 16.5. The Labute approximate surface area is 162 Å². The molecule has 0 unspecified atom stereocenters.